The molecular weight excluding hydrogens is 447 g/mol. The summed E-state index contributed by atoms with van der Waals surface area (Å²) in [5.41, 5.74) is 0.383. The molecule has 2 heterocycles. The van der Waals surface area contributed by atoms with E-state index in [0.29, 0.717) is 5.56 Å². The lowest BCUT2D eigenvalue weighted by atomic mass is 9.92. The minimum absolute atomic E-state index is 0.0329. The summed E-state index contributed by atoms with van der Waals surface area (Å²) in [5.74, 6) is -1.29. The largest absolute Gasteiger partial charge is 0.480 e. The minimum atomic E-state index is -4.56. The quantitative estimate of drug-likeness (QED) is 0.444. The van der Waals surface area contributed by atoms with Gasteiger partial charge in [0.05, 0.1) is 5.56 Å². The van der Waals surface area contributed by atoms with E-state index in [1.54, 1.807) is 0 Å². The van der Waals surface area contributed by atoms with Crippen molar-refractivity contribution in [2.24, 2.45) is 0 Å². The van der Waals surface area contributed by atoms with Gasteiger partial charge in [0.15, 0.2) is 6.04 Å². The Balaban J connectivity index is 1.75. The molecule has 5 rings (SSSR count). The van der Waals surface area contributed by atoms with E-state index in [1.807, 2.05) is 42.5 Å². The number of carboxylic acids is 1. The molecule has 0 spiro atoms. The van der Waals surface area contributed by atoms with Crippen molar-refractivity contribution in [2.45, 2.75) is 18.6 Å². The Bertz CT molecular complexity index is 1480. The van der Waals surface area contributed by atoms with Gasteiger partial charge in [0.1, 0.15) is 6.61 Å². The highest BCUT2D eigenvalue weighted by Gasteiger charge is 2.35. The third kappa shape index (κ3) is 3.71. The Morgan fingerprint density at radius 2 is 1.74 bits per heavy atom. The lowest BCUT2D eigenvalue weighted by Gasteiger charge is -2.17. The van der Waals surface area contributed by atoms with Crippen molar-refractivity contribution < 1.29 is 27.8 Å². The van der Waals surface area contributed by atoms with Crippen LogP contribution in [0.2, 0.25) is 0 Å². The number of carbonyl (C=O) groups is 1. The SMILES string of the molecule is O=C(O)C1COc2c(-c3cccc(C(F)(F)F)c3)c(Cc3cccc4ccccc34)cc(=O)n21. The van der Waals surface area contributed by atoms with Gasteiger partial charge in [-0.2, -0.15) is 13.2 Å². The number of carboxylic acid groups (broad SMARTS) is 1. The van der Waals surface area contributed by atoms with E-state index in [1.165, 1.54) is 18.2 Å². The van der Waals surface area contributed by atoms with Crippen LogP contribution in [0.5, 0.6) is 5.88 Å². The Labute approximate surface area is 191 Å². The molecule has 1 aliphatic heterocycles. The first-order valence-corrected chi connectivity index (χ1v) is 10.5. The third-order valence-electron chi connectivity index (χ3n) is 6.00. The molecule has 0 aliphatic carbocycles. The molecule has 1 N–H and O–H groups in total. The van der Waals surface area contributed by atoms with E-state index in [-0.39, 0.29) is 30.0 Å². The maximum Gasteiger partial charge on any atom is 0.416 e. The summed E-state index contributed by atoms with van der Waals surface area (Å²) in [6.07, 6.45) is -4.32. The van der Waals surface area contributed by atoms with Crippen LogP contribution in [0, 0.1) is 0 Å². The van der Waals surface area contributed by atoms with Gasteiger partial charge in [-0.15, -0.1) is 0 Å². The summed E-state index contributed by atoms with van der Waals surface area (Å²) in [5, 5.41) is 11.5. The Kier molecular flexibility index (Phi) is 5.16. The number of nitrogens with zero attached hydrogens (tertiary/aromatic N) is 1. The predicted octanol–water partition coefficient (Wildman–Crippen LogP) is 5.30. The number of benzene rings is 3. The zero-order valence-electron chi connectivity index (χ0n) is 17.7. The number of ether oxygens (including phenoxy) is 1. The smallest absolute Gasteiger partial charge is 0.416 e. The van der Waals surface area contributed by atoms with Gasteiger partial charge < -0.3 is 9.84 Å². The van der Waals surface area contributed by atoms with Crippen LogP contribution in [-0.2, 0) is 17.4 Å². The van der Waals surface area contributed by atoms with E-state index in [9.17, 15) is 27.9 Å². The fourth-order valence-corrected chi connectivity index (χ4v) is 4.45. The molecule has 3 aromatic carbocycles. The molecule has 1 aliphatic rings. The van der Waals surface area contributed by atoms with Crippen molar-refractivity contribution in [1.29, 1.82) is 0 Å². The van der Waals surface area contributed by atoms with Gasteiger partial charge in [-0.3, -0.25) is 9.36 Å². The average molecular weight is 465 g/mol. The molecule has 8 heteroatoms. The number of hydrogen-bond donors (Lipinski definition) is 1. The normalized spacial score (nSPS) is 15.2. The molecule has 0 amide bonds. The van der Waals surface area contributed by atoms with E-state index >= 15 is 0 Å². The van der Waals surface area contributed by atoms with Gasteiger partial charge in [-0.25, -0.2) is 4.79 Å². The van der Waals surface area contributed by atoms with Gasteiger partial charge in [0, 0.05) is 11.6 Å². The van der Waals surface area contributed by atoms with Crippen LogP contribution in [0.15, 0.2) is 77.6 Å². The molecular formula is C26H18F3NO4. The molecule has 0 saturated carbocycles. The summed E-state index contributed by atoms with van der Waals surface area (Å²) in [4.78, 5) is 24.6. The average Bonchev–Trinajstić information content (AvgIpc) is 3.25. The van der Waals surface area contributed by atoms with Crippen LogP contribution in [0.3, 0.4) is 0 Å². The standard InChI is InChI=1S/C26H18F3NO4/c27-26(28,29)19-9-4-8-17(12-19)23-18(11-16-7-3-6-15-5-1-2-10-20(15)16)13-22(31)30-21(25(32)33)14-34-24(23)30/h1-10,12-13,21H,11,14H2,(H,32,33). The van der Waals surface area contributed by atoms with Crippen LogP contribution in [0.1, 0.15) is 22.7 Å². The maximum atomic E-state index is 13.4. The summed E-state index contributed by atoms with van der Waals surface area (Å²) in [6.45, 7) is -0.283. The number of fused-ring (bicyclic) bond motifs is 2. The van der Waals surface area contributed by atoms with Gasteiger partial charge in [-0.05, 0) is 46.0 Å². The zero-order chi connectivity index (χ0) is 24.0. The fourth-order valence-electron chi connectivity index (χ4n) is 4.45. The van der Waals surface area contributed by atoms with E-state index in [0.717, 1.165) is 33.0 Å². The number of hydrogen-bond acceptors (Lipinski definition) is 3. The third-order valence-corrected chi connectivity index (χ3v) is 6.00. The van der Waals surface area contributed by atoms with Crippen molar-refractivity contribution in [2.75, 3.05) is 6.61 Å². The number of alkyl halides is 3. The van der Waals surface area contributed by atoms with Crippen LogP contribution in [-0.4, -0.2) is 22.2 Å². The van der Waals surface area contributed by atoms with Gasteiger partial charge in [0.2, 0.25) is 5.88 Å². The fraction of sp³-hybridized carbons (Fsp3) is 0.154. The van der Waals surface area contributed by atoms with Crippen molar-refractivity contribution >= 4 is 16.7 Å². The second-order valence-corrected chi connectivity index (χ2v) is 8.12. The molecule has 0 bridgehead atoms. The molecule has 0 radical (unpaired) electrons. The minimum Gasteiger partial charge on any atom is -0.480 e. The van der Waals surface area contributed by atoms with Crippen LogP contribution in [0.4, 0.5) is 13.2 Å². The molecule has 1 atom stereocenters. The highest BCUT2D eigenvalue weighted by Crippen LogP contribution is 2.41. The van der Waals surface area contributed by atoms with Crippen LogP contribution >= 0.6 is 0 Å². The van der Waals surface area contributed by atoms with E-state index in [4.69, 9.17) is 4.74 Å². The van der Waals surface area contributed by atoms with E-state index in [2.05, 4.69) is 0 Å². The van der Waals surface area contributed by atoms with Crippen molar-refractivity contribution in [3.63, 3.8) is 0 Å². The van der Waals surface area contributed by atoms with Crippen molar-refractivity contribution in [3.8, 4) is 17.0 Å². The number of aliphatic carboxylic acids is 1. The van der Waals surface area contributed by atoms with Gasteiger partial charge in [-0.1, -0.05) is 54.6 Å². The molecule has 4 aromatic rings. The first-order valence-electron chi connectivity index (χ1n) is 10.5. The molecule has 1 aromatic heterocycles. The number of aromatic nitrogens is 1. The van der Waals surface area contributed by atoms with Gasteiger partial charge >= 0.3 is 12.1 Å². The van der Waals surface area contributed by atoms with Crippen molar-refractivity contribution in [3.05, 3.63) is 99.8 Å². The van der Waals surface area contributed by atoms with Crippen LogP contribution in [0.25, 0.3) is 21.9 Å². The maximum absolute atomic E-state index is 13.4. The lowest BCUT2D eigenvalue weighted by molar-refractivity contribution is -0.141. The van der Waals surface area contributed by atoms with Crippen LogP contribution < -0.4 is 10.3 Å². The lowest BCUT2D eigenvalue weighted by Crippen LogP contribution is -2.27. The first-order chi connectivity index (χ1) is 16.2. The van der Waals surface area contributed by atoms with Crippen molar-refractivity contribution in [1.82, 2.24) is 4.57 Å². The molecule has 0 saturated heterocycles. The summed E-state index contributed by atoms with van der Waals surface area (Å²) in [7, 11) is 0. The predicted molar refractivity (Wildman–Crippen MR) is 120 cm³/mol. The second kappa shape index (κ2) is 8.06. The second-order valence-electron chi connectivity index (χ2n) is 8.12. The zero-order valence-corrected chi connectivity index (χ0v) is 17.7. The molecule has 5 nitrogen and oxygen atoms in total. The summed E-state index contributed by atoms with van der Waals surface area (Å²) in [6, 6.07) is 18.2. The molecule has 34 heavy (non-hydrogen) atoms. The Morgan fingerprint density at radius 3 is 2.50 bits per heavy atom. The number of halogens is 3. The molecule has 0 fully saturated rings. The molecule has 172 valence electrons. The topological polar surface area (TPSA) is 68.5 Å². The van der Waals surface area contributed by atoms with E-state index < -0.39 is 29.3 Å². The summed E-state index contributed by atoms with van der Waals surface area (Å²) >= 11 is 0. The Morgan fingerprint density at radius 1 is 1.00 bits per heavy atom. The van der Waals surface area contributed by atoms with Gasteiger partial charge in [0.25, 0.3) is 5.56 Å². The highest BCUT2D eigenvalue weighted by atomic mass is 19.4. The molecule has 1 unspecified atom stereocenters. The monoisotopic (exact) mass is 465 g/mol. The first kappa shape index (κ1) is 21.8. The number of pyridine rings is 1. The number of rotatable bonds is 4. The highest BCUT2D eigenvalue weighted by molar-refractivity contribution is 5.86. The Hall–Kier alpha value is -4.07. The summed E-state index contributed by atoms with van der Waals surface area (Å²) < 4.78 is 47.0.